The Balaban J connectivity index is 2.16. The molecule has 0 bridgehead atoms. The third-order valence-electron chi connectivity index (χ3n) is 2.83. The van der Waals surface area contributed by atoms with Gasteiger partial charge in [-0.2, -0.15) is 0 Å². The molecule has 0 spiro atoms. The fourth-order valence-electron chi connectivity index (χ4n) is 1.80. The molecule has 1 aromatic carbocycles. The predicted octanol–water partition coefficient (Wildman–Crippen LogP) is 4.57. The average molecular weight is 256 g/mol. The van der Waals surface area contributed by atoms with E-state index in [-0.39, 0.29) is 5.78 Å². The summed E-state index contributed by atoms with van der Waals surface area (Å²) in [6.45, 7) is 6.17. The number of aryl methyl sites for hydroxylation is 3. The van der Waals surface area contributed by atoms with Gasteiger partial charge in [0, 0.05) is 15.3 Å². The molecule has 0 radical (unpaired) electrons. The van der Waals surface area contributed by atoms with Crippen LogP contribution in [0.1, 0.15) is 31.2 Å². The highest BCUT2D eigenvalue weighted by Gasteiger charge is 2.02. The van der Waals surface area contributed by atoms with Crippen LogP contribution in [0.5, 0.6) is 0 Å². The molecule has 1 aromatic heterocycles. The normalized spacial score (nSPS) is 11.1. The van der Waals surface area contributed by atoms with Crippen LogP contribution in [-0.4, -0.2) is 5.78 Å². The highest BCUT2D eigenvalue weighted by atomic mass is 32.1. The van der Waals surface area contributed by atoms with Gasteiger partial charge in [0.15, 0.2) is 5.78 Å². The monoisotopic (exact) mass is 256 g/mol. The van der Waals surface area contributed by atoms with Crippen molar-refractivity contribution in [2.75, 3.05) is 0 Å². The van der Waals surface area contributed by atoms with Crippen LogP contribution in [0.15, 0.2) is 36.4 Å². The summed E-state index contributed by atoms with van der Waals surface area (Å²) >= 11 is 1.76. The lowest BCUT2D eigenvalue weighted by Gasteiger charge is -1.96. The fourth-order valence-corrected chi connectivity index (χ4v) is 2.71. The molecule has 2 heteroatoms. The fraction of sp³-hybridized carbons (Fsp3) is 0.188. The molecule has 0 fully saturated rings. The van der Waals surface area contributed by atoms with E-state index in [0.717, 1.165) is 11.1 Å². The van der Waals surface area contributed by atoms with Gasteiger partial charge in [-0.25, -0.2) is 0 Å². The van der Waals surface area contributed by atoms with Gasteiger partial charge in [0.2, 0.25) is 0 Å². The third kappa shape index (κ3) is 2.96. The third-order valence-corrected chi connectivity index (χ3v) is 3.81. The standard InChI is InChI=1S/C16H16OS/c1-11-4-6-14(7-5-11)16(17)9-8-15-10-12(2)18-13(15)3/h4-10H,1-3H3/b9-8+. The second-order valence-electron chi connectivity index (χ2n) is 4.43. The molecule has 0 saturated carbocycles. The number of benzene rings is 1. The molecular formula is C16H16OS. The highest BCUT2D eigenvalue weighted by molar-refractivity contribution is 7.12. The smallest absolute Gasteiger partial charge is 0.185 e. The predicted molar refractivity (Wildman–Crippen MR) is 78.3 cm³/mol. The minimum Gasteiger partial charge on any atom is -0.289 e. The number of allylic oxidation sites excluding steroid dienone is 1. The molecule has 0 N–H and O–H groups in total. The Kier molecular flexibility index (Phi) is 3.78. The Bertz CT molecular complexity index is 588. The van der Waals surface area contributed by atoms with Gasteiger partial charge in [0.25, 0.3) is 0 Å². The Morgan fingerprint density at radius 2 is 1.78 bits per heavy atom. The largest absolute Gasteiger partial charge is 0.289 e. The minimum atomic E-state index is 0.0539. The van der Waals surface area contributed by atoms with Crippen molar-refractivity contribution in [3.05, 3.63) is 62.9 Å². The Morgan fingerprint density at radius 3 is 2.33 bits per heavy atom. The molecule has 18 heavy (non-hydrogen) atoms. The summed E-state index contributed by atoms with van der Waals surface area (Å²) in [7, 11) is 0. The van der Waals surface area contributed by atoms with Crippen LogP contribution in [-0.2, 0) is 0 Å². The summed E-state index contributed by atoms with van der Waals surface area (Å²) in [5, 5.41) is 0. The second-order valence-corrected chi connectivity index (χ2v) is 5.89. The first-order valence-electron chi connectivity index (χ1n) is 5.92. The Labute approximate surface area is 112 Å². The number of rotatable bonds is 3. The summed E-state index contributed by atoms with van der Waals surface area (Å²) in [4.78, 5) is 14.5. The molecule has 92 valence electrons. The van der Waals surface area contributed by atoms with E-state index >= 15 is 0 Å². The molecule has 2 rings (SSSR count). The number of carbonyl (C=O) groups excluding carboxylic acids is 1. The topological polar surface area (TPSA) is 17.1 Å². The van der Waals surface area contributed by atoms with Gasteiger partial charge < -0.3 is 0 Å². The van der Waals surface area contributed by atoms with Gasteiger partial charge in [0.05, 0.1) is 0 Å². The van der Waals surface area contributed by atoms with E-state index in [2.05, 4.69) is 19.9 Å². The van der Waals surface area contributed by atoms with Crippen LogP contribution < -0.4 is 0 Å². The Hall–Kier alpha value is -1.67. The van der Waals surface area contributed by atoms with E-state index in [1.807, 2.05) is 37.3 Å². The van der Waals surface area contributed by atoms with Crippen LogP contribution in [0.4, 0.5) is 0 Å². The first kappa shape index (κ1) is 12.8. The van der Waals surface area contributed by atoms with E-state index in [1.165, 1.54) is 15.3 Å². The maximum Gasteiger partial charge on any atom is 0.185 e. The van der Waals surface area contributed by atoms with Crippen molar-refractivity contribution in [3.63, 3.8) is 0 Å². The van der Waals surface area contributed by atoms with Crippen molar-refractivity contribution in [2.45, 2.75) is 20.8 Å². The van der Waals surface area contributed by atoms with Crippen LogP contribution in [0.2, 0.25) is 0 Å². The van der Waals surface area contributed by atoms with Crippen LogP contribution in [0.3, 0.4) is 0 Å². The number of hydrogen-bond donors (Lipinski definition) is 0. The van der Waals surface area contributed by atoms with Crippen molar-refractivity contribution in [1.29, 1.82) is 0 Å². The van der Waals surface area contributed by atoms with E-state index in [9.17, 15) is 4.79 Å². The molecule has 0 unspecified atom stereocenters. The molecule has 2 aromatic rings. The second kappa shape index (κ2) is 5.32. The lowest BCUT2D eigenvalue weighted by atomic mass is 10.1. The zero-order chi connectivity index (χ0) is 13.1. The summed E-state index contributed by atoms with van der Waals surface area (Å²) in [5.74, 6) is 0.0539. The van der Waals surface area contributed by atoms with Gasteiger partial charge in [-0.15, -0.1) is 11.3 Å². The number of thiophene rings is 1. The van der Waals surface area contributed by atoms with Crippen molar-refractivity contribution >= 4 is 23.2 Å². The van der Waals surface area contributed by atoms with Gasteiger partial charge in [0.1, 0.15) is 0 Å². The SMILES string of the molecule is Cc1ccc(C(=O)/C=C/c2cc(C)sc2C)cc1. The number of ketones is 1. The molecule has 1 nitrogen and oxygen atoms in total. The maximum atomic E-state index is 12.0. The molecule has 0 aliphatic carbocycles. The zero-order valence-electron chi connectivity index (χ0n) is 10.9. The van der Waals surface area contributed by atoms with Crippen molar-refractivity contribution < 1.29 is 4.79 Å². The lowest BCUT2D eigenvalue weighted by Crippen LogP contribution is -1.93. The molecule has 1 heterocycles. The first-order valence-corrected chi connectivity index (χ1v) is 6.74. The first-order chi connectivity index (χ1) is 8.56. The molecule has 0 aliphatic heterocycles. The van der Waals surface area contributed by atoms with Crippen molar-refractivity contribution in [3.8, 4) is 0 Å². The molecule has 0 aliphatic rings. The number of hydrogen-bond acceptors (Lipinski definition) is 2. The van der Waals surface area contributed by atoms with E-state index in [4.69, 9.17) is 0 Å². The van der Waals surface area contributed by atoms with Crippen molar-refractivity contribution in [2.24, 2.45) is 0 Å². The summed E-state index contributed by atoms with van der Waals surface area (Å²) in [5.41, 5.74) is 3.04. The van der Waals surface area contributed by atoms with Gasteiger partial charge in [-0.3, -0.25) is 4.79 Å². The van der Waals surface area contributed by atoms with Crippen LogP contribution in [0, 0.1) is 20.8 Å². The highest BCUT2D eigenvalue weighted by Crippen LogP contribution is 2.21. The summed E-state index contributed by atoms with van der Waals surface area (Å²) in [6.07, 6.45) is 3.56. The van der Waals surface area contributed by atoms with Crippen LogP contribution >= 0.6 is 11.3 Å². The Morgan fingerprint density at radius 1 is 1.11 bits per heavy atom. The lowest BCUT2D eigenvalue weighted by molar-refractivity contribution is 0.104. The minimum absolute atomic E-state index is 0.0539. The maximum absolute atomic E-state index is 12.0. The summed E-state index contributed by atoms with van der Waals surface area (Å²) < 4.78 is 0. The van der Waals surface area contributed by atoms with Gasteiger partial charge >= 0.3 is 0 Å². The average Bonchev–Trinajstić information content (AvgIpc) is 2.66. The van der Waals surface area contributed by atoms with Crippen LogP contribution in [0.25, 0.3) is 6.08 Å². The molecule has 0 atom stereocenters. The van der Waals surface area contributed by atoms with Crippen molar-refractivity contribution in [1.82, 2.24) is 0 Å². The van der Waals surface area contributed by atoms with E-state index in [1.54, 1.807) is 17.4 Å². The summed E-state index contributed by atoms with van der Waals surface area (Å²) in [6, 6.07) is 9.77. The number of carbonyl (C=O) groups is 1. The van der Waals surface area contributed by atoms with E-state index in [0.29, 0.717) is 0 Å². The molecular weight excluding hydrogens is 240 g/mol. The van der Waals surface area contributed by atoms with Gasteiger partial charge in [-0.05, 0) is 44.6 Å². The molecule has 0 saturated heterocycles. The zero-order valence-corrected chi connectivity index (χ0v) is 11.7. The molecule has 0 amide bonds. The quantitative estimate of drug-likeness (QED) is 0.580. The van der Waals surface area contributed by atoms with E-state index < -0.39 is 0 Å². The van der Waals surface area contributed by atoms with Gasteiger partial charge in [-0.1, -0.05) is 29.8 Å².